The highest BCUT2D eigenvalue weighted by Gasteiger charge is 2.16. The van der Waals surface area contributed by atoms with Gasteiger partial charge in [-0.1, -0.05) is 15.9 Å². The first kappa shape index (κ1) is 14.7. The van der Waals surface area contributed by atoms with Crippen LogP contribution in [0.15, 0.2) is 57.2 Å². The van der Waals surface area contributed by atoms with Crippen LogP contribution >= 0.6 is 15.9 Å². The summed E-state index contributed by atoms with van der Waals surface area (Å²) < 4.78 is 1.03. The molecule has 0 aromatic heterocycles. The Morgan fingerprint density at radius 3 is 2.59 bits per heavy atom. The number of fused-ring (bicyclic) bond motifs is 1. The molecule has 0 saturated carbocycles. The Hall–Kier alpha value is -2.19. The number of aryl methyl sites for hydroxylation is 1. The van der Waals surface area contributed by atoms with Gasteiger partial charge in [-0.15, -0.1) is 0 Å². The molecule has 1 heterocycles. The molecule has 0 unspecified atom stereocenters. The predicted molar refractivity (Wildman–Crippen MR) is 90.9 cm³/mol. The molecule has 0 fully saturated rings. The molecule has 0 aliphatic carbocycles. The largest absolute Gasteiger partial charge is 0.358 e. The molecule has 0 radical (unpaired) electrons. The van der Waals surface area contributed by atoms with E-state index in [2.05, 4.69) is 43.2 Å². The number of nitriles is 1. The number of halogens is 1. The average Bonchev–Trinajstić information content (AvgIpc) is 2.55. The third-order valence-electron chi connectivity index (χ3n) is 3.65. The van der Waals surface area contributed by atoms with Crippen molar-refractivity contribution in [3.05, 3.63) is 52.5 Å². The summed E-state index contributed by atoms with van der Waals surface area (Å²) in [6, 6.07) is 16.0. The van der Waals surface area contributed by atoms with Gasteiger partial charge in [-0.05, 0) is 60.9 Å². The molecule has 0 bridgehead atoms. The third-order valence-corrected chi connectivity index (χ3v) is 4.18. The van der Waals surface area contributed by atoms with Crippen molar-refractivity contribution in [2.45, 2.75) is 12.8 Å². The van der Waals surface area contributed by atoms with Crippen molar-refractivity contribution in [1.82, 2.24) is 0 Å². The first-order valence-electron chi connectivity index (χ1n) is 7.18. The summed E-state index contributed by atoms with van der Waals surface area (Å²) in [6.07, 6.45) is 2.10. The maximum atomic E-state index is 8.90. The molecule has 0 spiro atoms. The fourth-order valence-corrected chi connectivity index (χ4v) is 2.86. The van der Waals surface area contributed by atoms with Crippen LogP contribution in [0.3, 0.4) is 0 Å². The Morgan fingerprint density at radius 1 is 1.09 bits per heavy atom. The molecule has 1 aliphatic heterocycles. The summed E-state index contributed by atoms with van der Waals surface area (Å²) in [6.45, 7) is 1.38. The van der Waals surface area contributed by atoms with E-state index in [-0.39, 0.29) is 0 Å². The fraction of sp³-hybridized carbons (Fsp3) is 0.235. The van der Waals surface area contributed by atoms with E-state index in [1.807, 2.05) is 36.4 Å². The van der Waals surface area contributed by atoms with Crippen molar-refractivity contribution in [2.24, 2.45) is 10.2 Å². The van der Waals surface area contributed by atoms with Gasteiger partial charge in [0.15, 0.2) is 0 Å². The third kappa shape index (κ3) is 3.34. The Labute approximate surface area is 138 Å². The zero-order valence-corrected chi connectivity index (χ0v) is 13.6. The lowest BCUT2D eigenvalue weighted by molar-refractivity contribution is 0.724. The standard InChI is InChI=1S/C17H15BrN4/c18-14-3-5-15(6-4-14)20-21-16-7-8-17-13(12-16)2-1-10-22(17)11-9-19/h3-8,12H,1-2,10-11H2. The summed E-state index contributed by atoms with van der Waals surface area (Å²) in [5.74, 6) is 0. The van der Waals surface area contributed by atoms with Crippen molar-refractivity contribution < 1.29 is 0 Å². The molecule has 0 amide bonds. The average molecular weight is 355 g/mol. The molecule has 110 valence electrons. The second-order valence-electron chi connectivity index (χ2n) is 5.17. The maximum absolute atomic E-state index is 8.90. The van der Waals surface area contributed by atoms with Crippen molar-refractivity contribution in [2.75, 3.05) is 18.0 Å². The molecule has 22 heavy (non-hydrogen) atoms. The second kappa shape index (κ2) is 6.71. The molecule has 4 nitrogen and oxygen atoms in total. The maximum Gasteiger partial charge on any atom is 0.105 e. The number of anilines is 1. The molecular weight excluding hydrogens is 340 g/mol. The Morgan fingerprint density at radius 2 is 1.82 bits per heavy atom. The fourth-order valence-electron chi connectivity index (χ4n) is 2.60. The highest BCUT2D eigenvalue weighted by molar-refractivity contribution is 9.10. The Kier molecular flexibility index (Phi) is 4.50. The van der Waals surface area contributed by atoms with Crippen molar-refractivity contribution in [1.29, 1.82) is 5.26 Å². The van der Waals surface area contributed by atoms with E-state index >= 15 is 0 Å². The first-order chi connectivity index (χ1) is 10.8. The van der Waals surface area contributed by atoms with Crippen LogP contribution in [-0.4, -0.2) is 13.1 Å². The van der Waals surface area contributed by atoms with E-state index in [0.29, 0.717) is 6.54 Å². The summed E-state index contributed by atoms with van der Waals surface area (Å²) in [7, 11) is 0. The van der Waals surface area contributed by atoms with Crippen molar-refractivity contribution in [3.63, 3.8) is 0 Å². The molecule has 1 aliphatic rings. The molecule has 0 N–H and O–H groups in total. The summed E-state index contributed by atoms with van der Waals surface area (Å²) in [4.78, 5) is 2.12. The highest BCUT2D eigenvalue weighted by atomic mass is 79.9. The van der Waals surface area contributed by atoms with Gasteiger partial charge in [0.2, 0.25) is 0 Å². The van der Waals surface area contributed by atoms with Gasteiger partial charge in [-0.3, -0.25) is 0 Å². The first-order valence-corrected chi connectivity index (χ1v) is 7.98. The normalized spacial score (nSPS) is 13.9. The van der Waals surface area contributed by atoms with Crippen LogP contribution in [0.1, 0.15) is 12.0 Å². The van der Waals surface area contributed by atoms with Crippen LogP contribution in [0.25, 0.3) is 0 Å². The van der Waals surface area contributed by atoms with E-state index in [9.17, 15) is 0 Å². The van der Waals surface area contributed by atoms with E-state index in [1.54, 1.807) is 0 Å². The minimum Gasteiger partial charge on any atom is -0.358 e. The lowest BCUT2D eigenvalue weighted by Gasteiger charge is -2.29. The predicted octanol–water partition coefficient (Wildman–Crippen LogP) is 5.14. The van der Waals surface area contributed by atoms with E-state index in [4.69, 9.17) is 5.26 Å². The summed E-state index contributed by atoms with van der Waals surface area (Å²) in [5, 5.41) is 17.5. The van der Waals surface area contributed by atoms with Gasteiger partial charge in [0.05, 0.1) is 17.4 Å². The number of hydrogen-bond acceptors (Lipinski definition) is 4. The zero-order valence-electron chi connectivity index (χ0n) is 12.0. The Balaban J connectivity index is 1.81. The van der Waals surface area contributed by atoms with Gasteiger partial charge < -0.3 is 4.90 Å². The van der Waals surface area contributed by atoms with E-state index in [0.717, 1.165) is 40.9 Å². The van der Waals surface area contributed by atoms with Crippen LogP contribution in [0.4, 0.5) is 17.1 Å². The van der Waals surface area contributed by atoms with E-state index in [1.165, 1.54) is 5.56 Å². The zero-order chi connectivity index (χ0) is 15.4. The van der Waals surface area contributed by atoms with Gasteiger partial charge in [0, 0.05) is 16.7 Å². The number of benzene rings is 2. The second-order valence-corrected chi connectivity index (χ2v) is 6.09. The molecule has 2 aromatic carbocycles. The van der Waals surface area contributed by atoms with Crippen LogP contribution in [-0.2, 0) is 6.42 Å². The van der Waals surface area contributed by atoms with Crippen molar-refractivity contribution in [3.8, 4) is 6.07 Å². The topological polar surface area (TPSA) is 51.8 Å². The molecule has 0 atom stereocenters. The van der Waals surface area contributed by atoms with Gasteiger partial charge >= 0.3 is 0 Å². The minimum absolute atomic E-state index is 0.437. The highest BCUT2D eigenvalue weighted by Crippen LogP contribution is 2.31. The lowest BCUT2D eigenvalue weighted by atomic mass is 10.0. The minimum atomic E-state index is 0.437. The molecule has 2 aromatic rings. The molecule has 0 saturated heterocycles. The van der Waals surface area contributed by atoms with Crippen LogP contribution in [0, 0.1) is 11.3 Å². The molecule has 3 rings (SSSR count). The smallest absolute Gasteiger partial charge is 0.105 e. The number of hydrogen-bond donors (Lipinski definition) is 0. The van der Waals surface area contributed by atoms with Crippen LogP contribution in [0.5, 0.6) is 0 Å². The molecular formula is C17H15BrN4. The van der Waals surface area contributed by atoms with Gasteiger partial charge in [0.25, 0.3) is 0 Å². The Bertz CT molecular complexity index is 731. The lowest BCUT2D eigenvalue weighted by Crippen LogP contribution is -2.29. The van der Waals surface area contributed by atoms with Crippen LogP contribution < -0.4 is 4.90 Å². The summed E-state index contributed by atoms with van der Waals surface area (Å²) in [5.41, 5.74) is 4.07. The number of nitrogens with zero attached hydrogens (tertiary/aromatic N) is 4. The van der Waals surface area contributed by atoms with Crippen molar-refractivity contribution >= 4 is 33.0 Å². The van der Waals surface area contributed by atoms with Gasteiger partial charge in [0.1, 0.15) is 6.54 Å². The molecule has 5 heteroatoms. The van der Waals surface area contributed by atoms with Crippen LogP contribution in [0.2, 0.25) is 0 Å². The van der Waals surface area contributed by atoms with Gasteiger partial charge in [-0.2, -0.15) is 15.5 Å². The van der Waals surface area contributed by atoms with Gasteiger partial charge in [-0.25, -0.2) is 0 Å². The SMILES string of the molecule is N#CCN1CCCc2cc(N=Nc3ccc(Br)cc3)ccc21. The quantitative estimate of drug-likeness (QED) is 0.565. The monoisotopic (exact) mass is 354 g/mol. The summed E-state index contributed by atoms with van der Waals surface area (Å²) >= 11 is 3.40. The number of azo groups is 1. The number of rotatable bonds is 3. The van der Waals surface area contributed by atoms with E-state index < -0.39 is 0 Å².